The lowest BCUT2D eigenvalue weighted by Crippen LogP contribution is -2.10. The Kier molecular flexibility index (Phi) is 15.7. The zero-order valence-corrected chi connectivity index (χ0v) is 26.6. The van der Waals surface area contributed by atoms with E-state index in [0.29, 0.717) is 58.7 Å². The Hall–Kier alpha value is -4.00. The highest BCUT2D eigenvalue weighted by Gasteiger charge is 2.13. The van der Waals surface area contributed by atoms with Gasteiger partial charge in [0, 0.05) is 18.9 Å². The fourth-order valence-corrected chi connectivity index (χ4v) is 5.02. The van der Waals surface area contributed by atoms with Crippen molar-refractivity contribution in [1.29, 1.82) is 0 Å². The molecule has 0 saturated heterocycles. The molecule has 0 heterocycles. The number of carbonyl (C=O) groups is 2. The third-order valence-corrected chi connectivity index (χ3v) is 7.11. The predicted molar refractivity (Wildman–Crippen MR) is 173 cm³/mol. The van der Waals surface area contributed by atoms with Gasteiger partial charge < -0.3 is 23.7 Å². The van der Waals surface area contributed by atoms with Crippen molar-refractivity contribution in [3.63, 3.8) is 0 Å². The Morgan fingerprint density at radius 1 is 0.568 bits per heavy atom. The first-order chi connectivity index (χ1) is 21.5. The molecule has 7 heteroatoms. The Balaban J connectivity index is 1.50. The van der Waals surface area contributed by atoms with Gasteiger partial charge in [-0.15, -0.1) is 0 Å². The molecule has 0 aliphatic heterocycles. The highest BCUT2D eigenvalue weighted by Crippen LogP contribution is 2.30. The molecular formula is C37H48O7. The Labute approximate surface area is 262 Å². The molecule has 0 amide bonds. The van der Waals surface area contributed by atoms with Gasteiger partial charge in [-0.3, -0.25) is 9.59 Å². The minimum absolute atomic E-state index is 0.210. The highest BCUT2D eigenvalue weighted by molar-refractivity contribution is 5.70. The average molecular weight is 605 g/mol. The molecule has 7 nitrogen and oxygen atoms in total. The van der Waals surface area contributed by atoms with Crippen LogP contribution in [-0.4, -0.2) is 45.0 Å². The lowest BCUT2D eigenvalue weighted by Gasteiger charge is -2.16. The number of rotatable bonds is 21. The van der Waals surface area contributed by atoms with Gasteiger partial charge in [-0.05, 0) is 93.3 Å². The minimum atomic E-state index is -0.214. The fourth-order valence-electron chi connectivity index (χ4n) is 5.02. The van der Waals surface area contributed by atoms with E-state index in [1.165, 1.54) is 5.56 Å². The van der Waals surface area contributed by atoms with Crippen LogP contribution in [0.25, 0.3) is 11.1 Å². The molecule has 3 aromatic carbocycles. The van der Waals surface area contributed by atoms with Crippen molar-refractivity contribution in [3.05, 3.63) is 77.9 Å². The van der Waals surface area contributed by atoms with Crippen LogP contribution in [0.15, 0.2) is 66.7 Å². The van der Waals surface area contributed by atoms with E-state index in [4.69, 9.17) is 23.7 Å². The second kappa shape index (κ2) is 20.0. The molecule has 0 atom stereocenters. The van der Waals surface area contributed by atoms with Gasteiger partial charge in [0.15, 0.2) is 0 Å². The third kappa shape index (κ3) is 12.3. The molecule has 44 heavy (non-hydrogen) atoms. The second-order valence-corrected chi connectivity index (χ2v) is 10.5. The monoisotopic (exact) mass is 604 g/mol. The van der Waals surface area contributed by atoms with E-state index in [9.17, 15) is 9.59 Å². The zero-order chi connectivity index (χ0) is 31.4. The van der Waals surface area contributed by atoms with Crippen molar-refractivity contribution in [2.24, 2.45) is 0 Å². The van der Waals surface area contributed by atoms with Crippen LogP contribution in [0, 0.1) is 0 Å². The summed E-state index contributed by atoms with van der Waals surface area (Å²) in [5.74, 6) is 1.98. The van der Waals surface area contributed by atoms with Crippen LogP contribution < -0.4 is 14.2 Å². The fraction of sp³-hybridized carbons (Fsp3) is 0.459. The molecule has 0 radical (unpaired) electrons. The van der Waals surface area contributed by atoms with Crippen molar-refractivity contribution >= 4 is 11.9 Å². The maximum Gasteiger partial charge on any atom is 0.306 e. The summed E-state index contributed by atoms with van der Waals surface area (Å²) in [5, 5.41) is 0. The van der Waals surface area contributed by atoms with Gasteiger partial charge in [0.05, 0.1) is 33.0 Å². The molecular weight excluding hydrogens is 556 g/mol. The normalized spacial score (nSPS) is 10.7. The summed E-state index contributed by atoms with van der Waals surface area (Å²) in [7, 11) is 0. The van der Waals surface area contributed by atoms with Crippen LogP contribution in [0.5, 0.6) is 17.2 Å². The lowest BCUT2D eigenvalue weighted by atomic mass is 9.96. The van der Waals surface area contributed by atoms with Crippen LogP contribution in [-0.2, 0) is 31.9 Å². The van der Waals surface area contributed by atoms with Gasteiger partial charge in [0.1, 0.15) is 17.2 Å². The number of ether oxygens (including phenoxy) is 5. The van der Waals surface area contributed by atoms with Crippen LogP contribution in [0.4, 0.5) is 0 Å². The van der Waals surface area contributed by atoms with Crippen LogP contribution in [0.2, 0.25) is 0 Å². The van der Waals surface area contributed by atoms with E-state index in [1.54, 1.807) is 6.92 Å². The molecule has 0 bridgehead atoms. The first kappa shape index (κ1) is 34.5. The minimum Gasteiger partial charge on any atom is -0.494 e. The molecule has 0 aliphatic rings. The summed E-state index contributed by atoms with van der Waals surface area (Å²) in [4.78, 5) is 23.8. The summed E-state index contributed by atoms with van der Waals surface area (Å²) in [5.41, 5.74) is 4.44. The first-order valence-corrected chi connectivity index (χ1v) is 16.0. The average Bonchev–Trinajstić information content (AvgIpc) is 3.03. The summed E-state index contributed by atoms with van der Waals surface area (Å²) >= 11 is 0. The van der Waals surface area contributed by atoms with E-state index >= 15 is 0 Å². The number of unbranched alkanes of at least 4 members (excludes halogenated alkanes) is 3. The van der Waals surface area contributed by atoms with Crippen molar-refractivity contribution in [2.45, 2.75) is 78.6 Å². The van der Waals surface area contributed by atoms with Crippen LogP contribution in [0.3, 0.4) is 0 Å². The van der Waals surface area contributed by atoms with Gasteiger partial charge >= 0.3 is 11.9 Å². The summed E-state index contributed by atoms with van der Waals surface area (Å²) < 4.78 is 28.2. The molecule has 3 rings (SSSR count). The Bertz CT molecular complexity index is 1270. The van der Waals surface area contributed by atoms with E-state index in [0.717, 1.165) is 66.0 Å². The van der Waals surface area contributed by atoms with Crippen molar-refractivity contribution in [2.75, 3.05) is 33.0 Å². The first-order valence-electron chi connectivity index (χ1n) is 16.0. The number of hydrogen-bond acceptors (Lipinski definition) is 7. The predicted octanol–water partition coefficient (Wildman–Crippen LogP) is 8.15. The van der Waals surface area contributed by atoms with E-state index in [-0.39, 0.29) is 11.9 Å². The van der Waals surface area contributed by atoms with Crippen molar-refractivity contribution in [3.8, 4) is 28.4 Å². The lowest BCUT2D eigenvalue weighted by molar-refractivity contribution is -0.144. The van der Waals surface area contributed by atoms with Gasteiger partial charge in [0.2, 0.25) is 0 Å². The quantitative estimate of drug-likeness (QED) is 0.0897. The third-order valence-electron chi connectivity index (χ3n) is 7.11. The maximum atomic E-state index is 12.1. The molecule has 0 N–H and O–H groups in total. The van der Waals surface area contributed by atoms with Gasteiger partial charge in [-0.2, -0.15) is 0 Å². The number of esters is 2. The summed E-state index contributed by atoms with van der Waals surface area (Å²) in [6.07, 6.45) is 6.76. The Morgan fingerprint density at radius 3 is 1.98 bits per heavy atom. The molecule has 0 saturated carbocycles. The van der Waals surface area contributed by atoms with Gasteiger partial charge in [-0.25, -0.2) is 0 Å². The molecule has 0 aromatic heterocycles. The van der Waals surface area contributed by atoms with E-state index in [2.05, 4.69) is 30.3 Å². The molecule has 0 spiro atoms. The smallest absolute Gasteiger partial charge is 0.306 e. The summed E-state index contributed by atoms with van der Waals surface area (Å²) in [6.45, 7) is 8.00. The molecule has 0 fully saturated rings. The largest absolute Gasteiger partial charge is 0.494 e. The van der Waals surface area contributed by atoms with Gasteiger partial charge in [-0.1, -0.05) is 55.3 Å². The maximum absolute atomic E-state index is 12.1. The number of benzene rings is 3. The standard InChI is InChI=1S/C37H48O7/c1-4-40-32-26-31(29-16-11-9-12-17-29)27-33(28-32)43-24-13-8-7-10-18-30-19-14-20-35(34(30)22-23-37(39)42-6-3)44-25-15-21-36(38)41-5-2/h9,11-12,14,16-17,19-20,26-28H,4-8,10,13,15,18,21-25H2,1-3H3. The molecule has 238 valence electrons. The van der Waals surface area contributed by atoms with Crippen LogP contribution in [0.1, 0.15) is 76.8 Å². The van der Waals surface area contributed by atoms with Crippen molar-refractivity contribution in [1.82, 2.24) is 0 Å². The van der Waals surface area contributed by atoms with E-state index in [1.807, 2.05) is 50.2 Å². The number of carbonyl (C=O) groups excluding carboxylic acids is 2. The SMILES string of the molecule is CCOC(=O)CCCOc1cccc(CCCCCCOc2cc(OCC)cc(-c3ccccc3)c2)c1CCC(=O)OCC. The van der Waals surface area contributed by atoms with E-state index < -0.39 is 0 Å². The second-order valence-electron chi connectivity index (χ2n) is 10.5. The van der Waals surface area contributed by atoms with Crippen molar-refractivity contribution < 1.29 is 33.3 Å². The molecule has 0 unspecified atom stereocenters. The van der Waals surface area contributed by atoms with Crippen LogP contribution >= 0.6 is 0 Å². The molecule has 3 aromatic rings. The number of aryl methyl sites for hydroxylation is 1. The zero-order valence-electron chi connectivity index (χ0n) is 26.6. The number of hydrogen-bond donors (Lipinski definition) is 0. The topological polar surface area (TPSA) is 80.3 Å². The molecule has 0 aliphatic carbocycles. The van der Waals surface area contributed by atoms with Gasteiger partial charge in [0.25, 0.3) is 0 Å². The highest BCUT2D eigenvalue weighted by atomic mass is 16.5. The Morgan fingerprint density at radius 2 is 1.25 bits per heavy atom. The summed E-state index contributed by atoms with van der Waals surface area (Å²) in [6, 6.07) is 22.4.